The summed E-state index contributed by atoms with van der Waals surface area (Å²) in [7, 11) is 0. The molecular formula is C15H21N3O3. The molecule has 0 aliphatic heterocycles. The number of nitrogens with zero attached hydrogens (tertiary/aromatic N) is 2. The molecule has 0 bridgehead atoms. The summed E-state index contributed by atoms with van der Waals surface area (Å²) in [5.74, 6) is 0.145. The lowest BCUT2D eigenvalue weighted by Crippen LogP contribution is -2.45. The minimum atomic E-state index is -0.636. The summed E-state index contributed by atoms with van der Waals surface area (Å²) in [5.41, 5.74) is 0.102. The van der Waals surface area contributed by atoms with E-state index in [2.05, 4.69) is 29.1 Å². The number of nitrogens with one attached hydrogen (secondary N) is 1. The van der Waals surface area contributed by atoms with Crippen LogP contribution in [0.15, 0.2) is 18.6 Å². The molecular weight excluding hydrogens is 270 g/mol. The number of rotatable bonds is 4. The van der Waals surface area contributed by atoms with Gasteiger partial charge in [0, 0.05) is 18.4 Å². The van der Waals surface area contributed by atoms with E-state index in [1.54, 1.807) is 0 Å². The third kappa shape index (κ3) is 4.24. The largest absolute Gasteiger partial charge is 0.451 e. The van der Waals surface area contributed by atoms with Crippen molar-refractivity contribution in [2.75, 3.05) is 6.61 Å². The fraction of sp³-hybridized carbons (Fsp3) is 0.600. The van der Waals surface area contributed by atoms with E-state index in [4.69, 9.17) is 4.74 Å². The van der Waals surface area contributed by atoms with E-state index in [-0.39, 0.29) is 24.2 Å². The second-order valence-corrected chi connectivity index (χ2v) is 5.61. The van der Waals surface area contributed by atoms with E-state index in [0.29, 0.717) is 11.8 Å². The average Bonchev–Trinajstić information content (AvgIpc) is 2.50. The van der Waals surface area contributed by atoms with Gasteiger partial charge in [-0.05, 0) is 18.3 Å². The van der Waals surface area contributed by atoms with Gasteiger partial charge in [-0.2, -0.15) is 0 Å². The van der Waals surface area contributed by atoms with Crippen LogP contribution < -0.4 is 5.32 Å². The first-order chi connectivity index (χ1) is 10.1. The highest BCUT2D eigenvalue weighted by Crippen LogP contribution is 2.29. The van der Waals surface area contributed by atoms with E-state index in [0.717, 1.165) is 12.8 Å². The highest BCUT2D eigenvalue weighted by molar-refractivity contribution is 5.89. The molecule has 1 aromatic heterocycles. The molecule has 1 amide bonds. The number of ether oxygens (including phenoxy) is 1. The monoisotopic (exact) mass is 291 g/mol. The Morgan fingerprint density at radius 2 is 2.14 bits per heavy atom. The Labute approximate surface area is 124 Å². The predicted molar refractivity (Wildman–Crippen MR) is 76.4 cm³/mol. The first kappa shape index (κ1) is 15.4. The third-order valence-corrected chi connectivity index (χ3v) is 4.16. The summed E-state index contributed by atoms with van der Waals surface area (Å²) in [6, 6.07) is 0.163. The predicted octanol–water partition coefficient (Wildman–Crippen LogP) is 1.57. The number of esters is 1. The molecule has 0 unspecified atom stereocenters. The average molecular weight is 291 g/mol. The summed E-state index contributed by atoms with van der Waals surface area (Å²) in [4.78, 5) is 31.1. The Balaban J connectivity index is 1.78. The number of carbonyl (C=O) groups excluding carboxylic acids is 2. The van der Waals surface area contributed by atoms with Gasteiger partial charge in [0.2, 0.25) is 0 Å². The van der Waals surface area contributed by atoms with Crippen LogP contribution in [-0.2, 0) is 9.53 Å². The molecule has 6 nitrogen and oxygen atoms in total. The van der Waals surface area contributed by atoms with E-state index in [1.807, 2.05) is 0 Å². The summed E-state index contributed by atoms with van der Waals surface area (Å²) in [6.07, 6.45) is 7.49. The molecule has 6 heteroatoms. The van der Waals surface area contributed by atoms with Gasteiger partial charge in [-0.1, -0.05) is 26.7 Å². The maximum atomic E-state index is 11.9. The van der Waals surface area contributed by atoms with Crippen LogP contribution in [0.5, 0.6) is 0 Å². The van der Waals surface area contributed by atoms with Crippen molar-refractivity contribution in [2.24, 2.45) is 11.8 Å². The molecule has 1 N–H and O–H groups in total. The van der Waals surface area contributed by atoms with Gasteiger partial charge in [-0.25, -0.2) is 9.78 Å². The van der Waals surface area contributed by atoms with Crippen molar-refractivity contribution < 1.29 is 14.3 Å². The molecule has 3 atom stereocenters. The second kappa shape index (κ2) is 7.15. The molecule has 114 valence electrons. The first-order valence-electron chi connectivity index (χ1n) is 7.30. The van der Waals surface area contributed by atoms with E-state index in [9.17, 15) is 9.59 Å². The minimum absolute atomic E-state index is 0.102. The first-order valence-corrected chi connectivity index (χ1v) is 7.30. The van der Waals surface area contributed by atoms with Crippen LogP contribution in [0.2, 0.25) is 0 Å². The summed E-state index contributed by atoms with van der Waals surface area (Å²) < 4.78 is 4.94. The van der Waals surface area contributed by atoms with Crippen molar-refractivity contribution in [2.45, 2.75) is 39.2 Å². The van der Waals surface area contributed by atoms with Gasteiger partial charge in [0.1, 0.15) is 0 Å². The van der Waals surface area contributed by atoms with Crippen molar-refractivity contribution in [3.63, 3.8) is 0 Å². The van der Waals surface area contributed by atoms with Gasteiger partial charge in [0.15, 0.2) is 12.3 Å². The zero-order chi connectivity index (χ0) is 15.2. The van der Waals surface area contributed by atoms with Crippen LogP contribution in [0.25, 0.3) is 0 Å². The van der Waals surface area contributed by atoms with Crippen LogP contribution >= 0.6 is 0 Å². The third-order valence-electron chi connectivity index (χ3n) is 4.16. The number of amides is 1. The molecule has 21 heavy (non-hydrogen) atoms. The standard InChI is InChI=1S/C15H21N3O3/c1-10-4-3-5-12(11(10)2)18-14(19)9-21-15(20)13-8-16-6-7-17-13/h6-8,10-12H,3-5,9H2,1-2H3,(H,18,19)/t10-,11+,12-/m0/s1. The van der Waals surface area contributed by atoms with Crippen molar-refractivity contribution in [1.29, 1.82) is 0 Å². The Morgan fingerprint density at radius 1 is 1.33 bits per heavy atom. The van der Waals surface area contributed by atoms with Crippen molar-refractivity contribution in [1.82, 2.24) is 15.3 Å². The number of aromatic nitrogens is 2. The summed E-state index contributed by atoms with van der Waals surface area (Å²) in [6.45, 7) is 4.07. The Bertz CT molecular complexity index is 492. The highest BCUT2D eigenvalue weighted by Gasteiger charge is 2.28. The normalized spacial score (nSPS) is 25.1. The summed E-state index contributed by atoms with van der Waals surface area (Å²) >= 11 is 0. The van der Waals surface area contributed by atoms with Gasteiger partial charge < -0.3 is 10.1 Å². The molecule has 0 spiro atoms. The smallest absolute Gasteiger partial charge is 0.359 e. The molecule has 1 aliphatic rings. The number of carbonyl (C=O) groups is 2. The maximum Gasteiger partial charge on any atom is 0.359 e. The Hall–Kier alpha value is -1.98. The van der Waals surface area contributed by atoms with Gasteiger partial charge >= 0.3 is 5.97 Å². The SMILES string of the molecule is C[C@H]1[C@@H](NC(=O)COC(=O)c2cnccn2)CCC[C@@H]1C. The van der Waals surface area contributed by atoms with Crippen LogP contribution in [0.3, 0.4) is 0 Å². The highest BCUT2D eigenvalue weighted by atomic mass is 16.5. The molecule has 1 heterocycles. The molecule has 1 aromatic rings. The molecule has 1 aliphatic carbocycles. The van der Waals surface area contributed by atoms with E-state index >= 15 is 0 Å². The fourth-order valence-corrected chi connectivity index (χ4v) is 2.64. The van der Waals surface area contributed by atoms with Crippen LogP contribution in [0, 0.1) is 11.8 Å². The van der Waals surface area contributed by atoms with Crippen LogP contribution in [0.1, 0.15) is 43.6 Å². The minimum Gasteiger partial charge on any atom is -0.451 e. The molecule has 0 radical (unpaired) electrons. The van der Waals surface area contributed by atoms with Crippen molar-refractivity contribution >= 4 is 11.9 Å². The van der Waals surface area contributed by atoms with Gasteiger partial charge in [-0.15, -0.1) is 0 Å². The lowest BCUT2D eigenvalue weighted by molar-refractivity contribution is -0.125. The zero-order valence-corrected chi connectivity index (χ0v) is 12.4. The van der Waals surface area contributed by atoms with E-state index in [1.165, 1.54) is 25.0 Å². The molecule has 1 saturated carbocycles. The molecule has 2 rings (SSSR count). The number of hydrogen-bond donors (Lipinski definition) is 1. The van der Waals surface area contributed by atoms with Crippen molar-refractivity contribution in [3.8, 4) is 0 Å². The quantitative estimate of drug-likeness (QED) is 0.852. The lowest BCUT2D eigenvalue weighted by Gasteiger charge is -2.34. The second-order valence-electron chi connectivity index (χ2n) is 5.61. The maximum absolute atomic E-state index is 11.9. The van der Waals surface area contributed by atoms with Gasteiger partial charge in [0.25, 0.3) is 5.91 Å². The topological polar surface area (TPSA) is 81.2 Å². The van der Waals surface area contributed by atoms with Gasteiger partial charge in [-0.3, -0.25) is 9.78 Å². The van der Waals surface area contributed by atoms with Crippen LogP contribution in [-0.4, -0.2) is 34.5 Å². The van der Waals surface area contributed by atoms with Gasteiger partial charge in [0.05, 0.1) is 6.20 Å². The molecule has 1 fully saturated rings. The van der Waals surface area contributed by atoms with Crippen molar-refractivity contribution in [3.05, 3.63) is 24.3 Å². The molecule has 0 saturated heterocycles. The zero-order valence-electron chi connectivity index (χ0n) is 12.4. The Kier molecular flexibility index (Phi) is 5.25. The Morgan fingerprint density at radius 3 is 2.86 bits per heavy atom. The fourth-order valence-electron chi connectivity index (χ4n) is 2.64. The molecule has 0 aromatic carbocycles. The summed E-state index contributed by atoms with van der Waals surface area (Å²) in [5, 5.41) is 2.95. The van der Waals surface area contributed by atoms with Crippen LogP contribution in [0.4, 0.5) is 0 Å². The lowest BCUT2D eigenvalue weighted by atomic mass is 9.78. The number of hydrogen-bond acceptors (Lipinski definition) is 5. The van der Waals surface area contributed by atoms with E-state index < -0.39 is 5.97 Å².